The lowest BCUT2D eigenvalue weighted by Gasteiger charge is -2.24. The Morgan fingerprint density at radius 3 is 2.62 bits per heavy atom. The Morgan fingerprint density at radius 2 is 1.92 bits per heavy atom. The molecule has 0 spiro atoms. The van der Waals surface area contributed by atoms with Crippen LogP contribution in [0, 0.1) is 5.82 Å². The van der Waals surface area contributed by atoms with Crippen molar-refractivity contribution in [1.29, 1.82) is 0 Å². The maximum absolute atomic E-state index is 14.0. The van der Waals surface area contributed by atoms with Crippen molar-refractivity contribution in [2.45, 2.75) is 44.6 Å². The van der Waals surface area contributed by atoms with Crippen molar-refractivity contribution in [1.82, 2.24) is 14.9 Å². The number of anilines is 1. The van der Waals surface area contributed by atoms with Crippen molar-refractivity contribution >= 4 is 5.82 Å². The molecule has 0 N–H and O–H groups in total. The largest absolute Gasteiger partial charge is 0.459 e. The average molecular weight is 334 g/mol. The van der Waals surface area contributed by atoms with E-state index in [1.54, 1.807) is 0 Å². The zero-order valence-corrected chi connectivity index (χ0v) is 14.3. The predicted octanol–water partition coefficient (Wildman–Crippen LogP) is 3.03. The van der Waals surface area contributed by atoms with Gasteiger partial charge in [-0.15, -0.1) is 6.58 Å². The summed E-state index contributed by atoms with van der Waals surface area (Å²) in [6.45, 7) is 8.60. The monoisotopic (exact) mass is 334 g/mol. The van der Waals surface area contributed by atoms with E-state index in [1.165, 1.54) is 19.0 Å². The van der Waals surface area contributed by atoms with Crippen LogP contribution in [0.4, 0.5) is 10.2 Å². The van der Waals surface area contributed by atoms with E-state index >= 15 is 0 Å². The third-order valence-corrected chi connectivity index (χ3v) is 4.73. The van der Waals surface area contributed by atoms with Gasteiger partial charge >= 0.3 is 6.01 Å². The first kappa shape index (κ1) is 17.1. The van der Waals surface area contributed by atoms with Gasteiger partial charge in [0.1, 0.15) is 6.10 Å². The molecule has 0 amide bonds. The van der Waals surface area contributed by atoms with Crippen LogP contribution in [0.3, 0.4) is 0 Å². The van der Waals surface area contributed by atoms with Crippen molar-refractivity contribution in [3.8, 4) is 6.01 Å². The molecule has 0 aromatic carbocycles. The second-order valence-corrected chi connectivity index (χ2v) is 6.63. The smallest absolute Gasteiger partial charge is 0.318 e. The number of ether oxygens (including phenoxy) is 1. The van der Waals surface area contributed by atoms with Crippen LogP contribution >= 0.6 is 0 Å². The third-order valence-electron chi connectivity index (χ3n) is 4.73. The molecule has 0 saturated carbocycles. The Hall–Kier alpha value is -1.69. The van der Waals surface area contributed by atoms with Gasteiger partial charge in [-0.25, -0.2) is 9.37 Å². The van der Waals surface area contributed by atoms with E-state index < -0.39 is 0 Å². The van der Waals surface area contributed by atoms with Gasteiger partial charge < -0.3 is 9.64 Å². The lowest BCUT2D eigenvalue weighted by Crippen LogP contribution is -2.34. The molecule has 3 rings (SSSR count). The second-order valence-electron chi connectivity index (χ2n) is 6.63. The minimum atomic E-state index is -0.369. The van der Waals surface area contributed by atoms with Crippen molar-refractivity contribution in [3.05, 3.63) is 24.7 Å². The minimum absolute atomic E-state index is 0.0120. The number of aromatic nitrogens is 2. The number of nitrogens with zero attached hydrogens (tertiary/aromatic N) is 4. The summed E-state index contributed by atoms with van der Waals surface area (Å²) in [5.74, 6) is 0.00702. The molecular weight excluding hydrogens is 307 g/mol. The summed E-state index contributed by atoms with van der Waals surface area (Å²) in [6.07, 6.45) is 9.57. The first-order chi connectivity index (χ1) is 11.8. The van der Waals surface area contributed by atoms with Crippen LogP contribution in [0.15, 0.2) is 18.9 Å². The number of likely N-dealkylation sites (tertiary alicyclic amines) is 1. The van der Waals surface area contributed by atoms with Gasteiger partial charge in [0.2, 0.25) is 0 Å². The fourth-order valence-corrected chi connectivity index (χ4v) is 3.44. The fraction of sp³-hybridized carbons (Fsp3) is 0.667. The molecule has 2 fully saturated rings. The van der Waals surface area contributed by atoms with Crippen molar-refractivity contribution < 1.29 is 9.13 Å². The van der Waals surface area contributed by atoms with Crippen molar-refractivity contribution in [2.75, 3.05) is 37.6 Å². The molecular formula is C18H27FN4O. The van der Waals surface area contributed by atoms with Crippen LogP contribution < -0.4 is 9.64 Å². The fourth-order valence-electron chi connectivity index (χ4n) is 3.44. The summed E-state index contributed by atoms with van der Waals surface area (Å²) in [5.41, 5.74) is 0. The van der Waals surface area contributed by atoms with Gasteiger partial charge in [-0.3, -0.25) is 4.90 Å². The Kier molecular flexibility index (Phi) is 6.01. The third kappa shape index (κ3) is 4.44. The van der Waals surface area contributed by atoms with Crippen LogP contribution in [0.2, 0.25) is 0 Å². The lowest BCUT2D eigenvalue weighted by molar-refractivity contribution is 0.128. The first-order valence-electron chi connectivity index (χ1n) is 9.03. The normalized spacial score (nSPS) is 19.6. The summed E-state index contributed by atoms with van der Waals surface area (Å²) >= 11 is 0. The van der Waals surface area contributed by atoms with Crippen LogP contribution in [-0.2, 0) is 0 Å². The molecule has 2 saturated heterocycles. The zero-order valence-electron chi connectivity index (χ0n) is 14.3. The van der Waals surface area contributed by atoms with E-state index in [2.05, 4.69) is 21.4 Å². The predicted molar refractivity (Wildman–Crippen MR) is 93.0 cm³/mol. The number of rotatable bonds is 8. The highest BCUT2D eigenvalue weighted by Gasteiger charge is 2.22. The molecule has 0 unspecified atom stereocenters. The molecule has 1 aromatic heterocycles. The van der Waals surface area contributed by atoms with Gasteiger partial charge in [-0.2, -0.15) is 4.98 Å². The number of hydrogen-bond acceptors (Lipinski definition) is 5. The molecule has 0 radical (unpaired) electrons. The minimum Gasteiger partial charge on any atom is -0.459 e. The molecule has 132 valence electrons. The van der Waals surface area contributed by atoms with Gasteiger partial charge in [0.15, 0.2) is 11.6 Å². The molecule has 5 nitrogen and oxygen atoms in total. The highest BCUT2D eigenvalue weighted by Crippen LogP contribution is 2.23. The molecule has 0 aliphatic carbocycles. The number of hydrogen-bond donors (Lipinski definition) is 0. The van der Waals surface area contributed by atoms with E-state index in [0.29, 0.717) is 5.82 Å². The van der Waals surface area contributed by atoms with Gasteiger partial charge in [-0.1, -0.05) is 6.08 Å². The van der Waals surface area contributed by atoms with E-state index in [4.69, 9.17) is 4.74 Å². The average Bonchev–Trinajstić information content (AvgIpc) is 3.28. The van der Waals surface area contributed by atoms with E-state index in [9.17, 15) is 4.39 Å². The molecule has 3 heterocycles. The maximum Gasteiger partial charge on any atom is 0.318 e. The molecule has 1 atom stereocenters. The highest BCUT2D eigenvalue weighted by molar-refractivity contribution is 5.40. The lowest BCUT2D eigenvalue weighted by atomic mass is 10.2. The standard InChI is InChI=1S/C18H27FN4O/c1-2-3-8-15(14-22-9-4-5-10-22)24-18-20-13-16(19)17(21-18)23-11-6-7-12-23/h2,13,15H,1,3-12,14H2/t15-/m0/s1. The topological polar surface area (TPSA) is 41.5 Å². The molecule has 6 heteroatoms. The van der Waals surface area contributed by atoms with Crippen LogP contribution in [0.5, 0.6) is 6.01 Å². The Labute approximate surface area is 143 Å². The summed E-state index contributed by atoms with van der Waals surface area (Å²) in [6, 6.07) is 0.284. The number of halogens is 1. The second kappa shape index (κ2) is 8.42. The van der Waals surface area contributed by atoms with Crippen molar-refractivity contribution in [3.63, 3.8) is 0 Å². The van der Waals surface area contributed by atoms with Crippen molar-refractivity contribution in [2.24, 2.45) is 0 Å². The summed E-state index contributed by atoms with van der Waals surface area (Å²) in [5, 5.41) is 0. The molecule has 2 aliphatic heterocycles. The summed E-state index contributed by atoms with van der Waals surface area (Å²) in [4.78, 5) is 12.8. The molecule has 2 aliphatic rings. The Bertz CT molecular complexity index is 542. The van der Waals surface area contributed by atoms with Crippen LogP contribution in [0.1, 0.15) is 38.5 Å². The molecule has 0 bridgehead atoms. The molecule has 24 heavy (non-hydrogen) atoms. The first-order valence-corrected chi connectivity index (χ1v) is 9.03. The maximum atomic E-state index is 14.0. The Morgan fingerprint density at radius 1 is 1.21 bits per heavy atom. The van der Waals surface area contributed by atoms with Gasteiger partial charge in [0, 0.05) is 19.6 Å². The molecule has 1 aromatic rings. The quantitative estimate of drug-likeness (QED) is 0.684. The summed E-state index contributed by atoms with van der Waals surface area (Å²) in [7, 11) is 0. The van der Waals surface area contributed by atoms with Gasteiger partial charge in [0.25, 0.3) is 0 Å². The van der Waals surface area contributed by atoms with Crippen LogP contribution in [-0.4, -0.2) is 53.7 Å². The number of allylic oxidation sites excluding steroid dienone is 1. The zero-order chi connectivity index (χ0) is 16.8. The van der Waals surface area contributed by atoms with E-state index in [0.717, 1.165) is 58.4 Å². The van der Waals surface area contributed by atoms with Gasteiger partial charge in [-0.05, 0) is 51.6 Å². The van der Waals surface area contributed by atoms with E-state index in [1.807, 2.05) is 11.0 Å². The Balaban J connectivity index is 1.68. The summed E-state index contributed by atoms with van der Waals surface area (Å²) < 4.78 is 20.1. The SMILES string of the molecule is C=CCC[C@@H](CN1CCCC1)Oc1ncc(F)c(N2CCCC2)n1. The highest BCUT2D eigenvalue weighted by atomic mass is 19.1. The van der Waals surface area contributed by atoms with Gasteiger partial charge in [0.05, 0.1) is 6.20 Å². The van der Waals surface area contributed by atoms with Crippen LogP contribution in [0.25, 0.3) is 0 Å². The van der Waals surface area contributed by atoms with E-state index in [-0.39, 0.29) is 17.9 Å².